The van der Waals surface area contributed by atoms with Crippen molar-refractivity contribution in [2.75, 3.05) is 13.7 Å². The van der Waals surface area contributed by atoms with Crippen LogP contribution in [0.2, 0.25) is 0 Å². The molecule has 0 aromatic rings. The molecule has 82 valence electrons. The number of rotatable bonds is 4. The third-order valence-electron chi connectivity index (χ3n) is 2.24. The van der Waals surface area contributed by atoms with Gasteiger partial charge >= 0.3 is 0 Å². The molecule has 0 heterocycles. The van der Waals surface area contributed by atoms with Crippen LogP contribution in [0.25, 0.3) is 0 Å². The smallest absolute Gasteiger partial charge is 0.217 e. The molecule has 1 unspecified atom stereocenters. The van der Waals surface area contributed by atoms with E-state index in [9.17, 15) is 9.59 Å². The number of carbonyl (C=O) groups is 2. The topological polar surface area (TPSA) is 55.4 Å². The number of Topliss-reactive ketones (excluding diaryl/α,β-unsaturated/α-hetero) is 1. The van der Waals surface area contributed by atoms with Crippen molar-refractivity contribution in [3.63, 3.8) is 0 Å². The monoisotopic (exact) mass is 209 g/mol. The molecule has 1 atom stereocenters. The highest BCUT2D eigenvalue weighted by Crippen LogP contribution is 2.19. The second kappa shape index (κ2) is 4.89. The summed E-state index contributed by atoms with van der Waals surface area (Å²) in [5, 5.41) is 2.67. The molecule has 0 aromatic carbocycles. The summed E-state index contributed by atoms with van der Waals surface area (Å²) in [5.74, 6) is -0.361. The van der Waals surface area contributed by atoms with Crippen LogP contribution >= 0.6 is 0 Å². The molecule has 0 radical (unpaired) electrons. The summed E-state index contributed by atoms with van der Waals surface area (Å²) in [6.45, 7) is 1.40. The molecular formula is C11H15NO3. The molecule has 0 spiro atoms. The van der Waals surface area contributed by atoms with Gasteiger partial charge in [-0.2, -0.15) is 0 Å². The Kier molecular flexibility index (Phi) is 3.80. The van der Waals surface area contributed by atoms with Gasteiger partial charge in [0.1, 0.15) is 12.1 Å². The summed E-state index contributed by atoms with van der Waals surface area (Å²) in [4.78, 5) is 22.9. The highest BCUT2D eigenvalue weighted by Gasteiger charge is 2.35. The van der Waals surface area contributed by atoms with Crippen molar-refractivity contribution < 1.29 is 14.3 Å². The van der Waals surface area contributed by atoms with Crippen LogP contribution in [-0.4, -0.2) is 30.9 Å². The van der Waals surface area contributed by atoms with E-state index in [0.29, 0.717) is 6.42 Å². The SMILES string of the molecule is COCC(=O)C1(NC(C)=O)C=CC=CC1. The van der Waals surface area contributed by atoms with Gasteiger partial charge < -0.3 is 10.1 Å². The van der Waals surface area contributed by atoms with Crippen molar-refractivity contribution in [1.82, 2.24) is 5.32 Å². The number of carbonyl (C=O) groups excluding carboxylic acids is 2. The third kappa shape index (κ3) is 2.76. The van der Waals surface area contributed by atoms with Crippen LogP contribution in [0.5, 0.6) is 0 Å². The Bertz CT molecular complexity index is 320. The maximum atomic E-state index is 11.8. The van der Waals surface area contributed by atoms with E-state index in [1.165, 1.54) is 14.0 Å². The van der Waals surface area contributed by atoms with E-state index in [0.717, 1.165) is 0 Å². The van der Waals surface area contributed by atoms with Crippen molar-refractivity contribution in [3.05, 3.63) is 24.3 Å². The molecule has 1 amide bonds. The first-order valence-corrected chi connectivity index (χ1v) is 4.76. The van der Waals surface area contributed by atoms with Crippen molar-refractivity contribution in [2.24, 2.45) is 0 Å². The van der Waals surface area contributed by atoms with E-state index in [-0.39, 0.29) is 18.3 Å². The highest BCUT2D eigenvalue weighted by molar-refractivity contribution is 5.95. The van der Waals surface area contributed by atoms with E-state index in [2.05, 4.69) is 5.32 Å². The fraction of sp³-hybridized carbons (Fsp3) is 0.455. The molecule has 4 nitrogen and oxygen atoms in total. The summed E-state index contributed by atoms with van der Waals surface area (Å²) in [7, 11) is 1.46. The van der Waals surface area contributed by atoms with Crippen molar-refractivity contribution in [1.29, 1.82) is 0 Å². The van der Waals surface area contributed by atoms with E-state index < -0.39 is 5.54 Å². The van der Waals surface area contributed by atoms with Gasteiger partial charge in [-0.25, -0.2) is 0 Å². The summed E-state index contributed by atoms with van der Waals surface area (Å²) in [6.07, 6.45) is 7.64. The van der Waals surface area contributed by atoms with Gasteiger partial charge in [0.15, 0.2) is 5.78 Å². The lowest BCUT2D eigenvalue weighted by atomic mass is 9.87. The standard InChI is InChI=1S/C11H15NO3/c1-9(13)12-11(10(14)8-15-2)6-4-3-5-7-11/h3-6H,7-8H2,1-2H3,(H,12,13). The molecule has 15 heavy (non-hydrogen) atoms. The molecule has 4 heteroatoms. The average Bonchev–Trinajstić information content (AvgIpc) is 2.18. The fourth-order valence-corrected chi connectivity index (χ4v) is 1.56. The van der Waals surface area contributed by atoms with Gasteiger partial charge in [0.05, 0.1) is 0 Å². The van der Waals surface area contributed by atoms with E-state index >= 15 is 0 Å². The van der Waals surface area contributed by atoms with Gasteiger partial charge in [0.2, 0.25) is 5.91 Å². The molecule has 0 fully saturated rings. The second-order valence-corrected chi connectivity index (χ2v) is 3.50. The van der Waals surface area contributed by atoms with Crippen molar-refractivity contribution >= 4 is 11.7 Å². The zero-order valence-corrected chi connectivity index (χ0v) is 8.95. The number of amides is 1. The zero-order chi connectivity index (χ0) is 11.3. The molecule has 1 rings (SSSR count). The number of methoxy groups -OCH3 is 1. The van der Waals surface area contributed by atoms with Gasteiger partial charge in [0, 0.05) is 14.0 Å². The number of nitrogens with one attached hydrogen (secondary N) is 1. The highest BCUT2D eigenvalue weighted by atomic mass is 16.5. The third-order valence-corrected chi connectivity index (χ3v) is 2.24. The van der Waals surface area contributed by atoms with Crippen LogP contribution in [0.3, 0.4) is 0 Å². The number of ketones is 1. The lowest BCUT2D eigenvalue weighted by Gasteiger charge is -2.30. The second-order valence-electron chi connectivity index (χ2n) is 3.50. The first kappa shape index (κ1) is 11.7. The predicted octanol–water partition coefficient (Wildman–Crippen LogP) is 0.593. The average molecular weight is 209 g/mol. The molecule has 0 aromatic heterocycles. The van der Waals surface area contributed by atoms with Crippen molar-refractivity contribution in [2.45, 2.75) is 18.9 Å². The van der Waals surface area contributed by atoms with Gasteiger partial charge in [-0.3, -0.25) is 9.59 Å². The Morgan fingerprint density at radius 2 is 2.20 bits per heavy atom. The Hall–Kier alpha value is -1.42. The minimum absolute atomic E-state index is 0.00153. The van der Waals surface area contributed by atoms with Crippen LogP contribution < -0.4 is 5.32 Å². The molecule has 1 N–H and O–H groups in total. The summed E-state index contributed by atoms with van der Waals surface area (Å²) >= 11 is 0. The van der Waals surface area contributed by atoms with Gasteiger partial charge in [0.25, 0.3) is 0 Å². The van der Waals surface area contributed by atoms with Crippen molar-refractivity contribution in [3.8, 4) is 0 Å². The van der Waals surface area contributed by atoms with E-state index in [1.54, 1.807) is 12.2 Å². The number of hydrogen-bond acceptors (Lipinski definition) is 3. The Morgan fingerprint density at radius 3 is 2.67 bits per heavy atom. The lowest BCUT2D eigenvalue weighted by molar-refractivity contribution is -0.131. The predicted molar refractivity (Wildman–Crippen MR) is 56.3 cm³/mol. The molecule has 1 aliphatic rings. The largest absolute Gasteiger partial charge is 0.377 e. The van der Waals surface area contributed by atoms with Crippen LogP contribution in [0, 0.1) is 0 Å². The van der Waals surface area contributed by atoms with E-state index in [1.807, 2.05) is 12.2 Å². The lowest BCUT2D eigenvalue weighted by Crippen LogP contribution is -2.54. The Balaban J connectivity index is 2.86. The molecule has 1 aliphatic carbocycles. The van der Waals surface area contributed by atoms with E-state index in [4.69, 9.17) is 4.74 Å². The van der Waals surface area contributed by atoms with Crippen LogP contribution in [0.15, 0.2) is 24.3 Å². The first-order valence-electron chi connectivity index (χ1n) is 4.76. The number of hydrogen-bond donors (Lipinski definition) is 1. The summed E-state index contributed by atoms with van der Waals surface area (Å²) in [6, 6.07) is 0. The number of ether oxygens (including phenoxy) is 1. The molecule has 0 aliphatic heterocycles. The first-order chi connectivity index (χ1) is 7.10. The van der Waals surface area contributed by atoms with Gasteiger partial charge in [-0.15, -0.1) is 0 Å². The summed E-state index contributed by atoms with van der Waals surface area (Å²) in [5.41, 5.74) is -0.920. The molecule has 0 bridgehead atoms. The minimum atomic E-state index is -0.920. The minimum Gasteiger partial charge on any atom is -0.377 e. The Morgan fingerprint density at radius 1 is 1.47 bits per heavy atom. The fourth-order valence-electron chi connectivity index (χ4n) is 1.56. The normalized spacial score (nSPS) is 23.9. The molecule has 0 saturated carbocycles. The molecular weight excluding hydrogens is 194 g/mol. The summed E-state index contributed by atoms with van der Waals surface area (Å²) < 4.78 is 4.80. The maximum Gasteiger partial charge on any atom is 0.217 e. The molecule has 0 saturated heterocycles. The van der Waals surface area contributed by atoms with Crippen LogP contribution in [0.1, 0.15) is 13.3 Å². The number of allylic oxidation sites excluding steroid dienone is 2. The van der Waals surface area contributed by atoms with Crippen LogP contribution in [-0.2, 0) is 14.3 Å². The van der Waals surface area contributed by atoms with Crippen LogP contribution in [0.4, 0.5) is 0 Å². The van der Waals surface area contributed by atoms with Gasteiger partial charge in [-0.05, 0) is 6.42 Å². The van der Waals surface area contributed by atoms with Gasteiger partial charge in [-0.1, -0.05) is 24.3 Å². The maximum absolute atomic E-state index is 11.8. The zero-order valence-electron chi connectivity index (χ0n) is 8.95. The quantitative estimate of drug-likeness (QED) is 0.737. The Labute approximate surface area is 89.0 Å².